The van der Waals surface area contributed by atoms with E-state index in [0.717, 1.165) is 11.1 Å². The van der Waals surface area contributed by atoms with Crippen LogP contribution in [0.25, 0.3) is 0 Å². The first-order valence-electron chi connectivity index (χ1n) is 6.51. The Bertz CT molecular complexity index is 638. The van der Waals surface area contributed by atoms with Crippen molar-refractivity contribution in [2.75, 3.05) is 13.2 Å². The van der Waals surface area contributed by atoms with E-state index in [1.54, 1.807) is 6.92 Å². The van der Waals surface area contributed by atoms with Crippen molar-refractivity contribution in [1.29, 1.82) is 0 Å². The Labute approximate surface area is 119 Å². The van der Waals surface area contributed by atoms with Crippen molar-refractivity contribution in [3.05, 3.63) is 35.4 Å². The molecule has 0 amide bonds. The summed E-state index contributed by atoms with van der Waals surface area (Å²) in [6.45, 7) is 7.78. The zero-order valence-corrected chi connectivity index (χ0v) is 12.6. The summed E-state index contributed by atoms with van der Waals surface area (Å²) in [6.07, 6.45) is 2.19. The van der Waals surface area contributed by atoms with Crippen LogP contribution in [-0.4, -0.2) is 21.6 Å². The summed E-state index contributed by atoms with van der Waals surface area (Å²) in [5.74, 6) is 0.392. The molecular weight excluding hydrogens is 276 g/mol. The maximum absolute atomic E-state index is 12.5. The molecule has 2 rings (SSSR count). The molecule has 5 nitrogen and oxygen atoms in total. The number of sulfonamides is 1. The highest BCUT2D eigenvalue weighted by atomic mass is 32.2. The van der Waals surface area contributed by atoms with Gasteiger partial charge < -0.3 is 10.5 Å². The lowest BCUT2D eigenvalue weighted by molar-refractivity contribution is 0.261. The van der Waals surface area contributed by atoms with Crippen LogP contribution in [0.2, 0.25) is 0 Å². The van der Waals surface area contributed by atoms with E-state index in [-0.39, 0.29) is 17.5 Å². The smallest absolute Gasteiger partial charge is 0.244 e. The molecule has 0 bridgehead atoms. The van der Waals surface area contributed by atoms with Crippen LogP contribution in [0.1, 0.15) is 29.2 Å². The molecule has 1 aliphatic heterocycles. The van der Waals surface area contributed by atoms with Gasteiger partial charge in [0.05, 0.1) is 6.61 Å². The van der Waals surface area contributed by atoms with Gasteiger partial charge in [0.1, 0.15) is 10.6 Å². The standard InChI is InChI=1S/C14H20N2O3S/c1-4-6-16-20(17,18)14-10(3)9(2)8-11-12(15)5-7-19-13(11)14/h4,8,12,16H,1,5-7,15H2,2-3H3. The van der Waals surface area contributed by atoms with Crippen molar-refractivity contribution < 1.29 is 13.2 Å². The van der Waals surface area contributed by atoms with Gasteiger partial charge in [0, 0.05) is 24.6 Å². The minimum atomic E-state index is -3.64. The maximum Gasteiger partial charge on any atom is 0.244 e. The van der Waals surface area contributed by atoms with Crippen molar-refractivity contribution in [3.8, 4) is 5.75 Å². The average molecular weight is 296 g/mol. The predicted octanol–water partition coefficient (Wildman–Crippen LogP) is 1.55. The Kier molecular flexibility index (Phi) is 4.17. The van der Waals surface area contributed by atoms with Crippen LogP contribution in [0.15, 0.2) is 23.6 Å². The highest BCUT2D eigenvalue weighted by Crippen LogP contribution is 2.39. The molecule has 110 valence electrons. The summed E-state index contributed by atoms with van der Waals surface area (Å²) < 4.78 is 33.0. The van der Waals surface area contributed by atoms with Crippen molar-refractivity contribution in [2.45, 2.75) is 31.2 Å². The van der Waals surface area contributed by atoms with Gasteiger partial charge in [0.2, 0.25) is 10.0 Å². The monoisotopic (exact) mass is 296 g/mol. The molecular formula is C14H20N2O3S. The van der Waals surface area contributed by atoms with E-state index in [1.165, 1.54) is 6.08 Å². The number of aryl methyl sites for hydroxylation is 1. The number of rotatable bonds is 4. The van der Waals surface area contributed by atoms with Gasteiger partial charge in [-0.05, 0) is 25.0 Å². The lowest BCUT2D eigenvalue weighted by atomic mass is 9.96. The van der Waals surface area contributed by atoms with Gasteiger partial charge in [-0.1, -0.05) is 12.1 Å². The van der Waals surface area contributed by atoms with E-state index in [0.29, 0.717) is 24.3 Å². The number of fused-ring (bicyclic) bond motifs is 1. The predicted molar refractivity (Wildman–Crippen MR) is 78.3 cm³/mol. The molecule has 1 unspecified atom stereocenters. The van der Waals surface area contributed by atoms with E-state index in [1.807, 2.05) is 13.0 Å². The van der Waals surface area contributed by atoms with Gasteiger partial charge in [-0.15, -0.1) is 6.58 Å². The number of benzene rings is 1. The Morgan fingerprint density at radius 1 is 1.55 bits per heavy atom. The molecule has 0 aromatic heterocycles. The molecule has 0 saturated heterocycles. The summed E-state index contributed by atoms with van der Waals surface area (Å²) in [6, 6.07) is 1.73. The number of hydrogen-bond acceptors (Lipinski definition) is 4. The molecule has 3 N–H and O–H groups in total. The van der Waals surface area contributed by atoms with Gasteiger partial charge in [-0.25, -0.2) is 13.1 Å². The fourth-order valence-corrected chi connectivity index (χ4v) is 3.79. The van der Waals surface area contributed by atoms with Gasteiger partial charge >= 0.3 is 0 Å². The van der Waals surface area contributed by atoms with Crippen molar-refractivity contribution in [2.24, 2.45) is 5.73 Å². The summed E-state index contributed by atoms with van der Waals surface area (Å²) >= 11 is 0. The molecule has 0 fully saturated rings. The zero-order valence-electron chi connectivity index (χ0n) is 11.8. The first-order valence-corrected chi connectivity index (χ1v) is 8.00. The molecule has 1 aromatic carbocycles. The van der Waals surface area contributed by atoms with Crippen LogP contribution in [0, 0.1) is 13.8 Å². The summed E-state index contributed by atoms with van der Waals surface area (Å²) in [5.41, 5.74) is 8.41. The van der Waals surface area contributed by atoms with Crippen LogP contribution < -0.4 is 15.2 Å². The van der Waals surface area contributed by atoms with Gasteiger partial charge in [-0.3, -0.25) is 0 Å². The summed E-state index contributed by atoms with van der Waals surface area (Å²) in [5, 5.41) is 0. The average Bonchev–Trinajstić information content (AvgIpc) is 2.39. The molecule has 1 atom stereocenters. The second-order valence-corrected chi connectivity index (χ2v) is 6.65. The van der Waals surface area contributed by atoms with Gasteiger partial charge in [-0.2, -0.15) is 0 Å². The van der Waals surface area contributed by atoms with Crippen molar-refractivity contribution >= 4 is 10.0 Å². The van der Waals surface area contributed by atoms with Gasteiger partial charge in [0.25, 0.3) is 0 Å². The lowest BCUT2D eigenvalue weighted by Crippen LogP contribution is -2.28. The van der Waals surface area contributed by atoms with Crippen LogP contribution in [-0.2, 0) is 10.0 Å². The third-order valence-corrected chi connectivity index (χ3v) is 5.11. The van der Waals surface area contributed by atoms with Gasteiger partial charge in [0.15, 0.2) is 0 Å². The first kappa shape index (κ1) is 15.0. The summed E-state index contributed by atoms with van der Waals surface area (Å²) in [7, 11) is -3.64. The van der Waals surface area contributed by atoms with Crippen LogP contribution in [0.5, 0.6) is 5.75 Å². The third kappa shape index (κ3) is 2.59. The van der Waals surface area contributed by atoms with E-state index < -0.39 is 10.0 Å². The van der Waals surface area contributed by atoms with Crippen LogP contribution >= 0.6 is 0 Å². The zero-order chi connectivity index (χ0) is 14.9. The first-order chi connectivity index (χ1) is 9.38. The number of hydrogen-bond donors (Lipinski definition) is 2. The van der Waals surface area contributed by atoms with E-state index in [9.17, 15) is 8.42 Å². The largest absolute Gasteiger partial charge is 0.492 e. The van der Waals surface area contributed by atoms with E-state index in [2.05, 4.69) is 11.3 Å². The van der Waals surface area contributed by atoms with Crippen molar-refractivity contribution in [1.82, 2.24) is 4.72 Å². The Balaban J connectivity index is 2.65. The molecule has 0 saturated carbocycles. The summed E-state index contributed by atoms with van der Waals surface area (Å²) in [4.78, 5) is 0.199. The SMILES string of the molecule is C=CCNS(=O)(=O)c1c(C)c(C)cc2c1OCCC2N. The number of nitrogens with two attached hydrogens (primary N) is 1. The van der Waals surface area contributed by atoms with E-state index >= 15 is 0 Å². The number of ether oxygens (including phenoxy) is 1. The lowest BCUT2D eigenvalue weighted by Gasteiger charge is -2.27. The van der Waals surface area contributed by atoms with Crippen LogP contribution in [0.3, 0.4) is 0 Å². The fraction of sp³-hybridized carbons (Fsp3) is 0.429. The molecule has 0 spiro atoms. The molecule has 0 aliphatic carbocycles. The normalized spacial score (nSPS) is 18.2. The molecule has 6 heteroatoms. The van der Waals surface area contributed by atoms with Crippen LogP contribution in [0.4, 0.5) is 0 Å². The molecule has 1 aromatic rings. The minimum Gasteiger partial charge on any atom is -0.492 e. The highest BCUT2D eigenvalue weighted by molar-refractivity contribution is 7.89. The highest BCUT2D eigenvalue weighted by Gasteiger charge is 2.30. The molecule has 0 radical (unpaired) electrons. The maximum atomic E-state index is 12.5. The molecule has 20 heavy (non-hydrogen) atoms. The Morgan fingerprint density at radius 2 is 2.25 bits per heavy atom. The topological polar surface area (TPSA) is 81.4 Å². The van der Waals surface area contributed by atoms with Crippen molar-refractivity contribution in [3.63, 3.8) is 0 Å². The Hall–Kier alpha value is -1.37. The second-order valence-electron chi connectivity index (χ2n) is 4.95. The van der Waals surface area contributed by atoms with E-state index in [4.69, 9.17) is 10.5 Å². The minimum absolute atomic E-state index is 0.177. The molecule has 1 heterocycles. The third-order valence-electron chi connectivity index (χ3n) is 3.53. The Morgan fingerprint density at radius 3 is 2.90 bits per heavy atom. The molecule has 1 aliphatic rings. The quantitative estimate of drug-likeness (QED) is 0.826. The fourth-order valence-electron chi connectivity index (χ4n) is 2.32. The second kappa shape index (κ2) is 5.55. The number of nitrogens with one attached hydrogen (secondary N) is 1.